The summed E-state index contributed by atoms with van der Waals surface area (Å²) in [5.74, 6) is 1.41. The van der Waals surface area contributed by atoms with E-state index in [4.69, 9.17) is 4.74 Å². The number of hydrogen-bond donors (Lipinski definition) is 1. The summed E-state index contributed by atoms with van der Waals surface area (Å²) in [6.07, 6.45) is 4.07. The molecule has 0 spiro atoms. The predicted octanol–water partition coefficient (Wildman–Crippen LogP) is 4.44. The van der Waals surface area contributed by atoms with E-state index in [0.29, 0.717) is 25.3 Å². The third-order valence-electron chi connectivity index (χ3n) is 5.97. The summed E-state index contributed by atoms with van der Waals surface area (Å²) in [6.45, 7) is 2.53. The number of nitrogens with zero attached hydrogens (tertiary/aromatic N) is 3. The largest absolute Gasteiger partial charge is 0.496 e. The van der Waals surface area contributed by atoms with Gasteiger partial charge >= 0.3 is 0 Å². The Morgan fingerprint density at radius 3 is 2.73 bits per heavy atom. The SMILES string of the molecule is COc1ccc(S(=O)(=O)N2CCc3c(ccnc3Nc3cnc4ccccc4c3)C2)cc1C. The van der Waals surface area contributed by atoms with E-state index < -0.39 is 10.0 Å². The van der Waals surface area contributed by atoms with Crippen LogP contribution in [0.15, 0.2) is 71.9 Å². The molecule has 168 valence electrons. The molecule has 5 rings (SSSR count). The van der Waals surface area contributed by atoms with Gasteiger partial charge in [-0.3, -0.25) is 4.98 Å². The summed E-state index contributed by atoms with van der Waals surface area (Å²) in [6, 6.07) is 16.8. The summed E-state index contributed by atoms with van der Waals surface area (Å²) in [5, 5.41) is 4.42. The molecule has 0 bridgehead atoms. The number of methoxy groups -OCH3 is 1. The van der Waals surface area contributed by atoms with E-state index in [-0.39, 0.29) is 4.90 Å². The van der Waals surface area contributed by atoms with Gasteiger partial charge in [-0.1, -0.05) is 18.2 Å². The average molecular weight is 461 g/mol. The van der Waals surface area contributed by atoms with E-state index in [2.05, 4.69) is 15.3 Å². The lowest BCUT2D eigenvalue weighted by Crippen LogP contribution is -2.36. The fraction of sp³-hybridized carbons (Fsp3) is 0.200. The number of rotatable bonds is 5. The van der Waals surface area contributed by atoms with Crippen LogP contribution in [0.25, 0.3) is 10.9 Å². The quantitative estimate of drug-likeness (QED) is 0.474. The fourth-order valence-corrected chi connectivity index (χ4v) is 5.72. The Morgan fingerprint density at radius 2 is 1.91 bits per heavy atom. The van der Waals surface area contributed by atoms with Crippen LogP contribution in [0.5, 0.6) is 5.75 Å². The normalized spacial score (nSPS) is 14.1. The molecule has 1 aliphatic rings. The lowest BCUT2D eigenvalue weighted by atomic mass is 10.0. The molecule has 0 radical (unpaired) electrons. The van der Waals surface area contributed by atoms with Crippen molar-refractivity contribution in [2.24, 2.45) is 0 Å². The third-order valence-corrected chi connectivity index (χ3v) is 7.81. The second kappa shape index (κ2) is 8.46. The number of aromatic nitrogens is 2. The van der Waals surface area contributed by atoms with Crippen molar-refractivity contribution in [2.45, 2.75) is 24.8 Å². The smallest absolute Gasteiger partial charge is 0.243 e. The van der Waals surface area contributed by atoms with Crippen molar-refractivity contribution < 1.29 is 13.2 Å². The molecule has 0 fully saturated rings. The average Bonchev–Trinajstić information content (AvgIpc) is 2.83. The van der Waals surface area contributed by atoms with Gasteiger partial charge in [0.15, 0.2) is 0 Å². The maximum atomic E-state index is 13.3. The minimum Gasteiger partial charge on any atom is -0.496 e. The van der Waals surface area contributed by atoms with Gasteiger partial charge in [0, 0.05) is 30.2 Å². The maximum absolute atomic E-state index is 13.3. The van der Waals surface area contributed by atoms with Crippen LogP contribution >= 0.6 is 0 Å². The van der Waals surface area contributed by atoms with Gasteiger partial charge < -0.3 is 10.1 Å². The van der Waals surface area contributed by atoms with Crippen molar-refractivity contribution in [1.82, 2.24) is 14.3 Å². The van der Waals surface area contributed by atoms with Crippen LogP contribution < -0.4 is 10.1 Å². The van der Waals surface area contributed by atoms with Crippen molar-refractivity contribution in [3.63, 3.8) is 0 Å². The summed E-state index contributed by atoms with van der Waals surface area (Å²) in [4.78, 5) is 9.30. The topological polar surface area (TPSA) is 84.4 Å². The van der Waals surface area contributed by atoms with Crippen LogP contribution in [0, 0.1) is 6.92 Å². The van der Waals surface area contributed by atoms with E-state index in [0.717, 1.165) is 39.1 Å². The van der Waals surface area contributed by atoms with Gasteiger partial charge in [-0.05, 0) is 60.9 Å². The number of fused-ring (bicyclic) bond motifs is 2. The summed E-state index contributed by atoms with van der Waals surface area (Å²) in [5.41, 5.74) is 4.54. The van der Waals surface area contributed by atoms with Gasteiger partial charge in [-0.25, -0.2) is 13.4 Å². The summed E-state index contributed by atoms with van der Waals surface area (Å²) in [7, 11) is -2.05. The standard InChI is InChI=1S/C25H24N4O3S/c1-17-13-21(7-8-24(17)32-2)33(30,31)29-12-10-22-19(16-29)9-11-26-25(22)28-20-14-18-5-3-4-6-23(18)27-15-20/h3-9,11,13-15H,10,12,16H2,1-2H3,(H,26,28). The monoisotopic (exact) mass is 460 g/mol. The Bertz CT molecular complexity index is 1450. The zero-order chi connectivity index (χ0) is 23.0. The van der Waals surface area contributed by atoms with E-state index >= 15 is 0 Å². The van der Waals surface area contributed by atoms with Crippen molar-refractivity contribution in [3.8, 4) is 5.75 Å². The van der Waals surface area contributed by atoms with Crippen LogP contribution in [-0.4, -0.2) is 36.3 Å². The molecule has 2 aromatic heterocycles. The van der Waals surface area contributed by atoms with Crippen molar-refractivity contribution in [2.75, 3.05) is 19.0 Å². The second-order valence-electron chi connectivity index (χ2n) is 8.06. The first-order valence-electron chi connectivity index (χ1n) is 10.7. The summed E-state index contributed by atoms with van der Waals surface area (Å²) >= 11 is 0. The van der Waals surface area contributed by atoms with Gasteiger partial charge in [-0.15, -0.1) is 0 Å². The second-order valence-corrected chi connectivity index (χ2v) is 10.00. The van der Waals surface area contributed by atoms with Gasteiger partial charge in [0.2, 0.25) is 10.0 Å². The van der Waals surface area contributed by atoms with Crippen LogP contribution in [0.2, 0.25) is 0 Å². The number of nitrogens with one attached hydrogen (secondary N) is 1. The number of pyridine rings is 2. The number of aryl methyl sites for hydroxylation is 1. The highest BCUT2D eigenvalue weighted by atomic mass is 32.2. The first-order chi connectivity index (χ1) is 16.0. The molecule has 0 amide bonds. The minimum atomic E-state index is -3.62. The molecule has 4 aromatic rings. The molecule has 8 heteroatoms. The first kappa shape index (κ1) is 21.4. The van der Waals surface area contributed by atoms with Gasteiger partial charge in [0.05, 0.1) is 29.4 Å². The zero-order valence-electron chi connectivity index (χ0n) is 18.4. The molecule has 3 heterocycles. The van der Waals surface area contributed by atoms with Gasteiger partial charge in [0.25, 0.3) is 0 Å². The zero-order valence-corrected chi connectivity index (χ0v) is 19.3. The Kier molecular flexibility index (Phi) is 5.47. The molecule has 0 saturated carbocycles. The number of para-hydroxylation sites is 1. The Labute approximate surface area is 193 Å². The van der Waals surface area contributed by atoms with E-state index in [1.165, 1.54) is 4.31 Å². The van der Waals surface area contributed by atoms with Crippen molar-refractivity contribution >= 4 is 32.4 Å². The molecule has 1 N–H and O–H groups in total. The fourth-order valence-electron chi connectivity index (χ4n) is 4.21. The highest BCUT2D eigenvalue weighted by molar-refractivity contribution is 7.89. The first-order valence-corrected chi connectivity index (χ1v) is 12.1. The van der Waals surface area contributed by atoms with Crippen LogP contribution in [0.3, 0.4) is 0 Å². The number of anilines is 2. The number of benzene rings is 2. The van der Waals surface area contributed by atoms with E-state index in [1.54, 1.807) is 37.7 Å². The number of sulfonamides is 1. The molecular formula is C25H24N4O3S. The molecule has 0 unspecified atom stereocenters. The van der Waals surface area contributed by atoms with E-state index in [1.807, 2.05) is 43.3 Å². The van der Waals surface area contributed by atoms with Gasteiger partial charge in [-0.2, -0.15) is 4.31 Å². The lowest BCUT2D eigenvalue weighted by Gasteiger charge is -2.29. The molecule has 0 atom stereocenters. The van der Waals surface area contributed by atoms with Crippen LogP contribution in [-0.2, 0) is 23.0 Å². The Morgan fingerprint density at radius 1 is 1.06 bits per heavy atom. The van der Waals surface area contributed by atoms with Crippen LogP contribution in [0.1, 0.15) is 16.7 Å². The molecule has 1 aliphatic heterocycles. The minimum absolute atomic E-state index is 0.277. The van der Waals surface area contributed by atoms with Crippen molar-refractivity contribution in [1.29, 1.82) is 0 Å². The van der Waals surface area contributed by atoms with Crippen molar-refractivity contribution in [3.05, 3.63) is 83.7 Å². The molecular weight excluding hydrogens is 436 g/mol. The number of ether oxygens (including phenoxy) is 1. The molecule has 7 nitrogen and oxygen atoms in total. The molecule has 0 aliphatic carbocycles. The highest BCUT2D eigenvalue weighted by Gasteiger charge is 2.30. The number of hydrogen-bond acceptors (Lipinski definition) is 6. The lowest BCUT2D eigenvalue weighted by molar-refractivity contribution is 0.390. The van der Waals surface area contributed by atoms with E-state index in [9.17, 15) is 8.42 Å². The molecule has 33 heavy (non-hydrogen) atoms. The van der Waals surface area contributed by atoms with Gasteiger partial charge in [0.1, 0.15) is 11.6 Å². The highest BCUT2D eigenvalue weighted by Crippen LogP contribution is 2.31. The summed E-state index contributed by atoms with van der Waals surface area (Å²) < 4.78 is 33.4. The maximum Gasteiger partial charge on any atom is 0.243 e. The van der Waals surface area contributed by atoms with Crippen LogP contribution in [0.4, 0.5) is 11.5 Å². The Balaban J connectivity index is 1.41. The Hall–Kier alpha value is -3.49. The molecule has 2 aromatic carbocycles. The predicted molar refractivity (Wildman–Crippen MR) is 128 cm³/mol. The third kappa shape index (κ3) is 4.03. The molecule has 0 saturated heterocycles.